The van der Waals surface area contributed by atoms with Crippen molar-refractivity contribution in [2.75, 3.05) is 12.0 Å². The molecular weight excluding hydrogens is 180 g/mol. The van der Waals surface area contributed by atoms with E-state index < -0.39 is 0 Å². The summed E-state index contributed by atoms with van der Waals surface area (Å²) in [5.41, 5.74) is 0.886. The molecule has 0 aromatic carbocycles. The van der Waals surface area contributed by atoms with Gasteiger partial charge in [-0.05, 0) is 6.26 Å². The number of thioether (sulfide) groups is 1. The molecule has 11 heavy (non-hydrogen) atoms. The van der Waals surface area contributed by atoms with Crippen LogP contribution < -0.4 is 0 Å². The van der Waals surface area contributed by atoms with Crippen molar-refractivity contribution in [2.45, 2.75) is 12.5 Å². The number of nitrogens with zero attached hydrogens (tertiary/aromatic N) is 2. The average Bonchev–Trinajstić information content (AvgIpc) is 2.40. The van der Waals surface area contributed by atoms with Gasteiger partial charge in [0.2, 0.25) is 0 Å². The first-order valence-electron chi connectivity index (χ1n) is 3.26. The minimum Gasteiger partial charge on any atom is -0.392 e. The lowest BCUT2D eigenvalue weighted by atomic mass is 10.2. The number of aromatic nitrogens is 2. The lowest BCUT2D eigenvalue weighted by molar-refractivity contribution is 0.199. The van der Waals surface area contributed by atoms with Gasteiger partial charge in [0, 0.05) is 12.2 Å². The Hall–Kier alpha value is -0.130. The molecule has 0 bridgehead atoms. The van der Waals surface area contributed by atoms with E-state index in [-0.39, 0.29) is 6.10 Å². The normalized spacial score (nSPS) is 13.3. The van der Waals surface area contributed by atoms with Gasteiger partial charge in [-0.15, -0.1) is 0 Å². The van der Waals surface area contributed by atoms with E-state index in [1.165, 1.54) is 11.7 Å². The summed E-state index contributed by atoms with van der Waals surface area (Å²) >= 11 is 2.82. The lowest BCUT2D eigenvalue weighted by Gasteiger charge is -2.04. The maximum Gasteiger partial charge on any atom is 0.0769 e. The van der Waals surface area contributed by atoms with E-state index in [0.29, 0.717) is 6.42 Å². The first-order chi connectivity index (χ1) is 5.33. The number of rotatable bonds is 4. The second-order valence-corrected chi connectivity index (χ2v) is 3.68. The van der Waals surface area contributed by atoms with Gasteiger partial charge < -0.3 is 5.11 Å². The minimum absolute atomic E-state index is 0.283. The van der Waals surface area contributed by atoms with Crippen LogP contribution in [0.1, 0.15) is 5.69 Å². The highest BCUT2D eigenvalue weighted by Gasteiger charge is 2.05. The predicted molar refractivity (Wildman–Crippen MR) is 48.0 cm³/mol. The highest BCUT2D eigenvalue weighted by molar-refractivity contribution is 7.98. The zero-order valence-corrected chi connectivity index (χ0v) is 7.86. The maximum absolute atomic E-state index is 9.34. The van der Waals surface area contributed by atoms with E-state index in [1.807, 2.05) is 6.26 Å². The van der Waals surface area contributed by atoms with E-state index >= 15 is 0 Å². The van der Waals surface area contributed by atoms with Gasteiger partial charge in [0.05, 0.1) is 29.7 Å². The zero-order chi connectivity index (χ0) is 8.10. The Morgan fingerprint density at radius 1 is 1.82 bits per heavy atom. The molecule has 0 fully saturated rings. The minimum atomic E-state index is -0.283. The van der Waals surface area contributed by atoms with Crippen molar-refractivity contribution >= 4 is 23.5 Å². The van der Waals surface area contributed by atoms with Crippen LogP contribution in [0.3, 0.4) is 0 Å². The second-order valence-electron chi connectivity index (χ2n) is 2.21. The quantitative estimate of drug-likeness (QED) is 0.763. The molecule has 1 rings (SSSR count). The summed E-state index contributed by atoms with van der Waals surface area (Å²) in [6.07, 6.45) is 4.02. The van der Waals surface area contributed by atoms with E-state index in [9.17, 15) is 5.11 Å². The van der Waals surface area contributed by atoms with Crippen LogP contribution in [0.5, 0.6) is 0 Å². The van der Waals surface area contributed by atoms with Crippen LogP contribution >= 0.6 is 23.5 Å². The molecule has 1 heterocycles. The Bertz CT molecular complexity index is 190. The molecule has 0 saturated heterocycles. The predicted octanol–water partition coefficient (Wildman–Crippen LogP) is 0.804. The molecule has 1 aromatic rings. The Morgan fingerprint density at radius 2 is 2.64 bits per heavy atom. The molecule has 5 heteroatoms. The van der Waals surface area contributed by atoms with Gasteiger partial charge in [-0.3, -0.25) is 0 Å². The van der Waals surface area contributed by atoms with Crippen LogP contribution in [0.2, 0.25) is 0 Å². The van der Waals surface area contributed by atoms with Crippen molar-refractivity contribution in [1.82, 2.24) is 8.75 Å². The Labute approximate surface area is 74.2 Å². The smallest absolute Gasteiger partial charge is 0.0769 e. The van der Waals surface area contributed by atoms with Gasteiger partial charge in [0.1, 0.15) is 0 Å². The topological polar surface area (TPSA) is 46.0 Å². The number of hydrogen-bond acceptors (Lipinski definition) is 5. The molecule has 0 aliphatic rings. The number of aliphatic hydroxyl groups excluding tert-OH is 1. The Morgan fingerprint density at radius 3 is 3.18 bits per heavy atom. The van der Waals surface area contributed by atoms with Crippen molar-refractivity contribution in [3.05, 3.63) is 11.9 Å². The van der Waals surface area contributed by atoms with Gasteiger partial charge in [0.25, 0.3) is 0 Å². The van der Waals surface area contributed by atoms with Gasteiger partial charge in [-0.1, -0.05) is 0 Å². The monoisotopic (exact) mass is 190 g/mol. The lowest BCUT2D eigenvalue weighted by Crippen LogP contribution is -2.13. The molecule has 62 valence electrons. The first kappa shape index (κ1) is 8.96. The summed E-state index contributed by atoms with van der Waals surface area (Å²) in [6.45, 7) is 0. The average molecular weight is 190 g/mol. The third kappa shape index (κ3) is 3.18. The second kappa shape index (κ2) is 4.69. The molecule has 1 aromatic heterocycles. The molecule has 3 nitrogen and oxygen atoms in total. The summed E-state index contributed by atoms with van der Waals surface area (Å²) in [5.74, 6) is 0.761. The van der Waals surface area contributed by atoms with Crippen molar-refractivity contribution in [3.63, 3.8) is 0 Å². The highest BCUT2D eigenvalue weighted by atomic mass is 32.2. The summed E-state index contributed by atoms with van der Waals surface area (Å²) in [5, 5.41) is 9.34. The van der Waals surface area contributed by atoms with E-state index in [0.717, 1.165) is 11.4 Å². The molecule has 1 atom stereocenters. The first-order valence-corrected chi connectivity index (χ1v) is 5.38. The third-order valence-electron chi connectivity index (χ3n) is 1.21. The zero-order valence-electron chi connectivity index (χ0n) is 6.23. The third-order valence-corrected chi connectivity index (χ3v) is 2.44. The number of aliphatic hydroxyl groups is 1. The van der Waals surface area contributed by atoms with E-state index in [2.05, 4.69) is 8.75 Å². The SMILES string of the molecule is CSCC(O)Cc1cnsn1. The largest absolute Gasteiger partial charge is 0.392 e. The van der Waals surface area contributed by atoms with Crippen LogP contribution in [0, 0.1) is 0 Å². The fourth-order valence-electron chi connectivity index (χ4n) is 0.767. The van der Waals surface area contributed by atoms with Crippen molar-refractivity contribution in [2.24, 2.45) is 0 Å². The molecule has 0 aliphatic heterocycles. The van der Waals surface area contributed by atoms with Crippen LogP contribution in [-0.2, 0) is 6.42 Å². The van der Waals surface area contributed by atoms with Crippen LogP contribution in [0.25, 0.3) is 0 Å². The van der Waals surface area contributed by atoms with E-state index in [1.54, 1.807) is 18.0 Å². The fourth-order valence-corrected chi connectivity index (χ4v) is 1.71. The summed E-state index contributed by atoms with van der Waals surface area (Å²) in [4.78, 5) is 0. The van der Waals surface area contributed by atoms with Gasteiger partial charge in [-0.2, -0.15) is 20.5 Å². The molecule has 0 spiro atoms. The van der Waals surface area contributed by atoms with Crippen LogP contribution in [-0.4, -0.2) is 32.0 Å². The van der Waals surface area contributed by atoms with Crippen molar-refractivity contribution in [1.29, 1.82) is 0 Å². The summed E-state index contributed by atoms with van der Waals surface area (Å²) in [7, 11) is 0. The molecule has 0 aliphatic carbocycles. The van der Waals surface area contributed by atoms with E-state index in [4.69, 9.17) is 0 Å². The van der Waals surface area contributed by atoms with Gasteiger partial charge in [-0.25, -0.2) is 0 Å². The summed E-state index contributed by atoms with van der Waals surface area (Å²) < 4.78 is 7.85. The molecule has 1 N–H and O–H groups in total. The molecule has 1 unspecified atom stereocenters. The standard InChI is InChI=1S/C6H10N2OS2/c1-10-4-6(9)2-5-3-7-11-8-5/h3,6,9H,2,4H2,1H3. The Balaban J connectivity index is 2.31. The van der Waals surface area contributed by atoms with Crippen LogP contribution in [0.15, 0.2) is 6.20 Å². The molecule has 0 radical (unpaired) electrons. The maximum atomic E-state index is 9.34. The van der Waals surface area contributed by atoms with Crippen molar-refractivity contribution in [3.8, 4) is 0 Å². The van der Waals surface area contributed by atoms with Gasteiger partial charge >= 0.3 is 0 Å². The highest BCUT2D eigenvalue weighted by Crippen LogP contribution is 2.04. The number of hydrogen-bond donors (Lipinski definition) is 1. The van der Waals surface area contributed by atoms with Crippen molar-refractivity contribution < 1.29 is 5.11 Å². The molecule has 0 saturated carbocycles. The summed E-state index contributed by atoms with van der Waals surface area (Å²) in [6, 6.07) is 0. The fraction of sp³-hybridized carbons (Fsp3) is 0.667. The van der Waals surface area contributed by atoms with Gasteiger partial charge in [0.15, 0.2) is 0 Å². The van der Waals surface area contributed by atoms with Crippen LogP contribution in [0.4, 0.5) is 0 Å². The Kier molecular flexibility index (Phi) is 3.82. The molecule has 0 amide bonds. The molecular formula is C6H10N2OS2.